The first-order chi connectivity index (χ1) is 16.4. The van der Waals surface area contributed by atoms with Crippen molar-refractivity contribution in [3.05, 3.63) is 47.5 Å². The van der Waals surface area contributed by atoms with E-state index in [1.54, 1.807) is 18.2 Å². The second kappa shape index (κ2) is 10.4. The topological polar surface area (TPSA) is 122 Å². The van der Waals surface area contributed by atoms with Crippen molar-refractivity contribution in [3.8, 4) is 40.4 Å². The third-order valence-electron chi connectivity index (χ3n) is 5.39. The number of aromatic nitrogens is 2. The van der Waals surface area contributed by atoms with Crippen molar-refractivity contribution in [3.63, 3.8) is 0 Å². The Bertz CT molecular complexity index is 1210. The maximum atomic E-state index is 10.8. The lowest BCUT2D eigenvalue weighted by atomic mass is 10.1. The number of carbonyl (C=O) groups is 1. The van der Waals surface area contributed by atoms with Gasteiger partial charge in [0.15, 0.2) is 0 Å². The van der Waals surface area contributed by atoms with Crippen molar-refractivity contribution in [1.82, 2.24) is 15.0 Å². The average molecular weight is 463 g/mol. The normalized spacial score (nSPS) is 13.6. The zero-order valence-corrected chi connectivity index (χ0v) is 19.2. The molecular formula is C25H26N4O5. The van der Waals surface area contributed by atoms with Crippen LogP contribution in [0.5, 0.6) is 11.5 Å². The van der Waals surface area contributed by atoms with Crippen molar-refractivity contribution in [1.29, 1.82) is 5.26 Å². The predicted octanol–water partition coefficient (Wildman–Crippen LogP) is 4.12. The fraction of sp³-hybridized carbons (Fsp3) is 0.360. The van der Waals surface area contributed by atoms with Crippen LogP contribution in [0.1, 0.15) is 37.8 Å². The number of rotatable bonds is 8. The van der Waals surface area contributed by atoms with Gasteiger partial charge < -0.3 is 19.1 Å². The highest BCUT2D eigenvalue weighted by molar-refractivity contribution is 5.66. The molecule has 9 heteroatoms. The molecule has 0 bridgehead atoms. The van der Waals surface area contributed by atoms with Gasteiger partial charge in [-0.25, -0.2) is 0 Å². The van der Waals surface area contributed by atoms with Crippen LogP contribution in [0.4, 0.5) is 0 Å². The number of benzene rings is 2. The number of ether oxygens (including phenoxy) is 2. The molecule has 0 atom stereocenters. The van der Waals surface area contributed by atoms with E-state index in [1.165, 1.54) is 0 Å². The van der Waals surface area contributed by atoms with Crippen LogP contribution in [0.25, 0.3) is 22.8 Å². The first kappa shape index (κ1) is 23.3. The molecule has 1 N–H and O–H groups in total. The summed E-state index contributed by atoms with van der Waals surface area (Å²) in [6.07, 6.45) is 0.722. The smallest absolute Gasteiger partial charge is 0.303 e. The summed E-state index contributed by atoms with van der Waals surface area (Å²) < 4.78 is 17.1. The molecule has 0 saturated carbocycles. The van der Waals surface area contributed by atoms with Crippen LogP contribution in [-0.4, -0.2) is 51.9 Å². The van der Waals surface area contributed by atoms with Crippen LogP contribution in [-0.2, 0) is 11.3 Å². The highest BCUT2D eigenvalue weighted by Gasteiger charge is 2.19. The third kappa shape index (κ3) is 5.53. The molecule has 0 radical (unpaired) electrons. The molecule has 1 aromatic heterocycles. The Hall–Kier alpha value is -3.90. The second-order valence-corrected chi connectivity index (χ2v) is 8.36. The Morgan fingerprint density at radius 3 is 2.85 bits per heavy atom. The summed E-state index contributed by atoms with van der Waals surface area (Å²) in [6, 6.07) is 13.1. The number of carboxylic acids is 1. The molecule has 0 spiro atoms. The molecule has 34 heavy (non-hydrogen) atoms. The standard InChI is InChI=1S/C25H26N4O5/c1-16(2)33-21-8-7-18(12-20(21)14-26)25-27-24(28-34-25)17-5-6-19-15-29(9-3-4-23(30)31)10-11-32-22(19)13-17/h5-8,12-13,16H,3-4,9-11,15H2,1-2H3,(H,30,31). The molecule has 0 aliphatic carbocycles. The molecule has 0 fully saturated rings. The van der Waals surface area contributed by atoms with Crippen LogP contribution in [0.3, 0.4) is 0 Å². The molecule has 4 rings (SSSR count). The van der Waals surface area contributed by atoms with E-state index in [0.717, 1.165) is 23.4 Å². The summed E-state index contributed by atoms with van der Waals surface area (Å²) in [7, 11) is 0. The van der Waals surface area contributed by atoms with E-state index in [-0.39, 0.29) is 12.5 Å². The molecule has 9 nitrogen and oxygen atoms in total. The predicted molar refractivity (Wildman–Crippen MR) is 123 cm³/mol. The average Bonchev–Trinajstić information content (AvgIpc) is 3.21. The van der Waals surface area contributed by atoms with Crippen LogP contribution in [0.2, 0.25) is 0 Å². The van der Waals surface area contributed by atoms with E-state index in [9.17, 15) is 10.1 Å². The molecule has 0 unspecified atom stereocenters. The first-order valence-electron chi connectivity index (χ1n) is 11.2. The Balaban J connectivity index is 1.51. The van der Waals surface area contributed by atoms with Crippen molar-refractivity contribution in [2.75, 3.05) is 19.7 Å². The lowest BCUT2D eigenvalue weighted by Gasteiger charge is -2.18. The Kier molecular flexibility index (Phi) is 7.09. The number of carboxylic acid groups (broad SMARTS) is 1. The van der Waals surface area contributed by atoms with Gasteiger partial charge in [-0.1, -0.05) is 17.3 Å². The molecule has 0 amide bonds. The van der Waals surface area contributed by atoms with E-state index in [0.29, 0.717) is 54.7 Å². The number of nitrogens with zero attached hydrogens (tertiary/aromatic N) is 4. The Labute approximate surface area is 197 Å². The van der Waals surface area contributed by atoms with Crippen molar-refractivity contribution in [2.24, 2.45) is 0 Å². The van der Waals surface area contributed by atoms with Gasteiger partial charge in [-0.15, -0.1) is 0 Å². The van der Waals surface area contributed by atoms with Crippen LogP contribution in [0.15, 0.2) is 40.9 Å². The van der Waals surface area contributed by atoms with Gasteiger partial charge in [0, 0.05) is 36.2 Å². The third-order valence-corrected chi connectivity index (χ3v) is 5.39. The summed E-state index contributed by atoms with van der Waals surface area (Å²) in [5, 5.41) is 22.4. The minimum Gasteiger partial charge on any atom is -0.492 e. The highest BCUT2D eigenvalue weighted by atomic mass is 16.5. The summed E-state index contributed by atoms with van der Waals surface area (Å²) in [4.78, 5) is 17.5. The van der Waals surface area contributed by atoms with Gasteiger partial charge in [0.1, 0.15) is 24.2 Å². The minimum absolute atomic E-state index is 0.0415. The second-order valence-electron chi connectivity index (χ2n) is 8.36. The summed E-state index contributed by atoms with van der Waals surface area (Å²) >= 11 is 0. The summed E-state index contributed by atoms with van der Waals surface area (Å²) in [6.45, 7) is 6.45. The van der Waals surface area contributed by atoms with E-state index >= 15 is 0 Å². The minimum atomic E-state index is -0.778. The number of hydrogen-bond acceptors (Lipinski definition) is 8. The van der Waals surface area contributed by atoms with Crippen LogP contribution >= 0.6 is 0 Å². The van der Waals surface area contributed by atoms with E-state index in [2.05, 4.69) is 21.1 Å². The van der Waals surface area contributed by atoms with Gasteiger partial charge in [-0.05, 0) is 51.1 Å². The maximum absolute atomic E-state index is 10.8. The monoisotopic (exact) mass is 462 g/mol. The molecule has 176 valence electrons. The lowest BCUT2D eigenvalue weighted by molar-refractivity contribution is -0.137. The van der Waals surface area contributed by atoms with Crippen molar-refractivity contribution < 1.29 is 23.9 Å². The summed E-state index contributed by atoms with van der Waals surface area (Å²) in [5.41, 5.74) is 2.82. The molecule has 2 aromatic carbocycles. The van der Waals surface area contributed by atoms with Gasteiger partial charge in [-0.3, -0.25) is 9.69 Å². The molecule has 1 aliphatic heterocycles. The number of hydrogen-bond donors (Lipinski definition) is 1. The van der Waals surface area contributed by atoms with Crippen LogP contribution < -0.4 is 9.47 Å². The van der Waals surface area contributed by atoms with Gasteiger partial charge >= 0.3 is 5.97 Å². The zero-order valence-electron chi connectivity index (χ0n) is 19.2. The maximum Gasteiger partial charge on any atom is 0.303 e. The molecular weight excluding hydrogens is 436 g/mol. The largest absolute Gasteiger partial charge is 0.492 e. The Morgan fingerprint density at radius 2 is 2.09 bits per heavy atom. The van der Waals surface area contributed by atoms with Crippen molar-refractivity contribution in [2.45, 2.75) is 39.3 Å². The molecule has 0 saturated heterocycles. The van der Waals surface area contributed by atoms with Gasteiger partial charge in [0.2, 0.25) is 5.82 Å². The van der Waals surface area contributed by atoms with E-state index in [1.807, 2.05) is 32.0 Å². The number of aliphatic carboxylic acids is 1. The SMILES string of the molecule is CC(C)Oc1ccc(-c2nc(-c3ccc4c(c3)OCCN(CCCC(=O)O)C4)no2)cc1C#N. The van der Waals surface area contributed by atoms with Crippen molar-refractivity contribution >= 4 is 5.97 Å². The molecule has 2 heterocycles. The first-order valence-corrected chi connectivity index (χ1v) is 11.2. The number of nitriles is 1. The van der Waals surface area contributed by atoms with E-state index in [4.69, 9.17) is 19.1 Å². The fourth-order valence-electron chi connectivity index (χ4n) is 3.77. The fourth-order valence-corrected chi connectivity index (χ4v) is 3.77. The lowest BCUT2D eigenvalue weighted by Crippen LogP contribution is -2.27. The highest BCUT2D eigenvalue weighted by Crippen LogP contribution is 2.31. The van der Waals surface area contributed by atoms with Gasteiger partial charge in [0.05, 0.1) is 11.7 Å². The Morgan fingerprint density at radius 1 is 1.26 bits per heavy atom. The molecule has 3 aromatic rings. The van der Waals surface area contributed by atoms with Gasteiger partial charge in [0.25, 0.3) is 5.89 Å². The number of fused-ring (bicyclic) bond motifs is 1. The van der Waals surface area contributed by atoms with E-state index < -0.39 is 5.97 Å². The molecule has 1 aliphatic rings. The summed E-state index contributed by atoms with van der Waals surface area (Å²) in [5.74, 6) is 1.22. The van der Waals surface area contributed by atoms with Crippen LogP contribution in [0, 0.1) is 11.3 Å². The quantitative estimate of drug-likeness (QED) is 0.527. The van der Waals surface area contributed by atoms with Gasteiger partial charge in [-0.2, -0.15) is 10.2 Å². The zero-order chi connectivity index (χ0) is 24.1.